The van der Waals surface area contributed by atoms with Crippen LogP contribution in [0, 0.1) is 5.41 Å². The predicted octanol–water partition coefficient (Wildman–Crippen LogP) is 1.74. The Kier molecular flexibility index (Phi) is 8.48. The highest BCUT2D eigenvalue weighted by Gasteiger charge is 2.53. The molecule has 0 aromatic heterocycles. The first-order chi connectivity index (χ1) is 17.5. The van der Waals surface area contributed by atoms with Crippen molar-refractivity contribution >= 4 is 17.5 Å². The van der Waals surface area contributed by atoms with Gasteiger partial charge in [0.05, 0.1) is 19.2 Å². The highest BCUT2D eigenvalue weighted by Crippen LogP contribution is 2.33. The Morgan fingerprint density at radius 2 is 1.78 bits per heavy atom. The molecule has 2 amide bonds. The number of aliphatic hydroxyl groups excluding tert-OH is 1. The molecule has 4 rings (SSSR count). The number of methoxy groups -OCH3 is 1. The van der Waals surface area contributed by atoms with Gasteiger partial charge in [0.2, 0.25) is 5.91 Å². The molecule has 1 aromatic rings. The van der Waals surface area contributed by atoms with E-state index in [2.05, 4.69) is 29.0 Å². The lowest BCUT2D eigenvalue weighted by Gasteiger charge is -2.38. The molecule has 3 fully saturated rings. The van der Waals surface area contributed by atoms with E-state index >= 15 is 0 Å². The normalized spacial score (nSPS) is 27.5. The van der Waals surface area contributed by atoms with E-state index in [9.17, 15) is 14.7 Å². The number of carbonyl (C=O) groups is 2. The van der Waals surface area contributed by atoms with E-state index in [1.165, 1.54) is 0 Å². The number of piperazine rings is 1. The van der Waals surface area contributed by atoms with E-state index in [1.807, 2.05) is 45.0 Å². The van der Waals surface area contributed by atoms with Crippen LogP contribution >= 0.6 is 0 Å². The summed E-state index contributed by atoms with van der Waals surface area (Å²) in [6, 6.07) is 7.00. The first kappa shape index (κ1) is 27.8. The van der Waals surface area contributed by atoms with Crippen molar-refractivity contribution in [2.75, 3.05) is 51.3 Å². The van der Waals surface area contributed by atoms with E-state index in [4.69, 9.17) is 9.47 Å². The molecule has 9 nitrogen and oxygen atoms in total. The number of likely N-dealkylation sites (tertiary alicyclic amines) is 1. The zero-order valence-electron chi connectivity index (χ0n) is 23.1. The molecule has 2 N–H and O–H groups in total. The first-order valence-electron chi connectivity index (χ1n) is 13.5. The Hall–Kier alpha value is -2.20. The maximum absolute atomic E-state index is 13.8. The summed E-state index contributed by atoms with van der Waals surface area (Å²) in [6.07, 6.45) is -0.954. The average molecular weight is 517 g/mol. The van der Waals surface area contributed by atoms with Gasteiger partial charge in [-0.15, -0.1) is 0 Å². The maximum Gasteiger partial charge on any atom is 0.251 e. The van der Waals surface area contributed by atoms with Gasteiger partial charge in [0.15, 0.2) is 0 Å². The van der Waals surface area contributed by atoms with Crippen LogP contribution in [0.4, 0.5) is 5.69 Å². The van der Waals surface area contributed by atoms with Crippen LogP contribution in [0.5, 0.6) is 0 Å². The van der Waals surface area contributed by atoms with Crippen LogP contribution in [0.25, 0.3) is 0 Å². The monoisotopic (exact) mass is 516 g/mol. The number of hydrogen-bond donors (Lipinski definition) is 2. The zero-order chi connectivity index (χ0) is 26.9. The Morgan fingerprint density at radius 3 is 2.35 bits per heavy atom. The van der Waals surface area contributed by atoms with Gasteiger partial charge < -0.3 is 29.7 Å². The van der Waals surface area contributed by atoms with Crippen molar-refractivity contribution in [1.82, 2.24) is 15.1 Å². The molecule has 0 aliphatic carbocycles. The molecular weight excluding hydrogens is 472 g/mol. The summed E-state index contributed by atoms with van der Waals surface area (Å²) in [4.78, 5) is 33.5. The molecule has 3 aliphatic heterocycles. The third-order valence-corrected chi connectivity index (χ3v) is 7.84. The summed E-state index contributed by atoms with van der Waals surface area (Å²) in [5.74, 6) is -0.483. The highest BCUT2D eigenvalue weighted by atomic mass is 16.6. The second-order valence-electron chi connectivity index (χ2n) is 12.1. The number of ether oxygens (including phenoxy) is 2. The summed E-state index contributed by atoms with van der Waals surface area (Å²) < 4.78 is 11.3. The number of amides is 2. The Bertz CT molecular complexity index is 939. The second kappa shape index (κ2) is 11.3. The summed E-state index contributed by atoms with van der Waals surface area (Å²) in [6.45, 7) is 15.1. The molecule has 0 saturated carbocycles. The molecule has 37 heavy (non-hydrogen) atoms. The van der Waals surface area contributed by atoms with Crippen LogP contribution in [-0.2, 0) is 14.3 Å². The lowest BCUT2D eigenvalue weighted by atomic mass is 9.87. The van der Waals surface area contributed by atoms with Gasteiger partial charge in [0.1, 0.15) is 24.4 Å². The Labute approximate surface area is 221 Å². The molecule has 206 valence electrons. The van der Waals surface area contributed by atoms with Crippen LogP contribution in [0.1, 0.15) is 51.4 Å². The van der Waals surface area contributed by atoms with Gasteiger partial charge in [0, 0.05) is 50.6 Å². The van der Waals surface area contributed by atoms with E-state index in [0.29, 0.717) is 24.6 Å². The summed E-state index contributed by atoms with van der Waals surface area (Å²) in [5, 5.41) is 13.5. The number of nitrogens with zero attached hydrogens (tertiary/aromatic N) is 3. The Morgan fingerprint density at radius 1 is 1.14 bits per heavy atom. The smallest absolute Gasteiger partial charge is 0.251 e. The number of rotatable bonds is 7. The molecular formula is C28H44N4O5. The minimum Gasteiger partial charge on any atom is -0.388 e. The van der Waals surface area contributed by atoms with Crippen LogP contribution in [-0.4, -0.2) is 110 Å². The fourth-order valence-corrected chi connectivity index (χ4v) is 5.78. The van der Waals surface area contributed by atoms with Crippen molar-refractivity contribution in [1.29, 1.82) is 0 Å². The van der Waals surface area contributed by atoms with Gasteiger partial charge in [-0.2, -0.15) is 0 Å². The third kappa shape index (κ3) is 6.28. The van der Waals surface area contributed by atoms with Crippen LogP contribution in [0.15, 0.2) is 24.3 Å². The van der Waals surface area contributed by atoms with Crippen LogP contribution in [0.2, 0.25) is 0 Å². The van der Waals surface area contributed by atoms with Gasteiger partial charge >= 0.3 is 0 Å². The number of anilines is 1. The largest absolute Gasteiger partial charge is 0.388 e. The van der Waals surface area contributed by atoms with Crippen molar-refractivity contribution in [3.05, 3.63) is 29.8 Å². The molecule has 3 heterocycles. The third-order valence-electron chi connectivity index (χ3n) is 7.84. The van der Waals surface area contributed by atoms with Gasteiger partial charge in [-0.1, -0.05) is 20.8 Å². The van der Waals surface area contributed by atoms with E-state index in [0.717, 1.165) is 31.9 Å². The standard InChI is InChI=1S/C28H44N4O5/c1-18(2)30-11-13-31(14-12-30)20-9-7-19(8-10-20)26(34)29-21(15-28(3,4)5)27(35)32-16-23(36-6)25-24(32)22(33)17-37-25/h7-10,18,21-25,33H,11-17H2,1-6H3,(H,29,34)/t21?,22-,23+,24+,25+/m0/s1. The van der Waals surface area contributed by atoms with Crippen molar-refractivity contribution in [3.63, 3.8) is 0 Å². The number of hydrogen-bond acceptors (Lipinski definition) is 7. The Balaban J connectivity index is 1.44. The summed E-state index contributed by atoms with van der Waals surface area (Å²) in [7, 11) is 1.59. The molecule has 9 heteroatoms. The van der Waals surface area contributed by atoms with E-state index < -0.39 is 18.2 Å². The fraction of sp³-hybridized carbons (Fsp3) is 0.714. The minimum atomic E-state index is -0.768. The number of fused-ring (bicyclic) bond motifs is 1. The fourth-order valence-electron chi connectivity index (χ4n) is 5.78. The topological polar surface area (TPSA) is 94.6 Å². The van der Waals surface area contributed by atoms with Gasteiger partial charge in [0.25, 0.3) is 5.91 Å². The molecule has 0 bridgehead atoms. The lowest BCUT2D eigenvalue weighted by molar-refractivity contribution is -0.136. The number of nitrogens with one attached hydrogen (secondary N) is 1. The lowest BCUT2D eigenvalue weighted by Crippen LogP contribution is -2.54. The SMILES string of the molecule is CO[C@@H]1CN(C(=O)C(CC(C)(C)C)NC(=O)c2ccc(N3CCN(C(C)C)CC3)cc2)[C@H]2[C@@H]1OC[C@@H]2O. The maximum atomic E-state index is 13.8. The highest BCUT2D eigenvalue weighted by molar-refractivity contribution is 5.98. The number of aliphatic hydroxyl groups is 1. The zero-order valence-corrected chi connectivity index (χ0v) is 23.1. The molecule has 0 radical (unpaired) electrons. The number of carbonyl (C=O) groups excluding carboxylic acids is 2. The van der Waals surface area contributed by atoms with Gasteiger partial charge in [-0.3, -0.25) is 14.5 Å². The molecule has 3 saturated heterocycles. The second-order valence-corrected chi connectivity index (χ2v) is 12.1. The van der Waals surface area contributed by atoms with Crippen molar-refractivity contribution < 1.29 is 24.2 Å². The average Bonchev–Trinajstić information content (AvgIpc) is 3.42. The first-order valence-corrected chi connectivity index (χ1v) is 13.5. The van der Waals surface area contributed by atoms with Gasteiger partial charge in [-0.05, 0) is 49.9 Å². The minimum absolute atomic E-state index is 0.175. The van der Waals surface area contributed by atoms with E-state index in [-0.39, 0.29) is 36.0 Å². The molecule has 5 atom stereocenters. The molecule has 1 unspecified atom stereocenters. The quantitative estimate of drug-likeness (QED) is 0.570. The van der Waals surface area contributed by atoms with E-state index in [1.54, 1.807) is 12.0 Å². The number of benzene rings is 1. The van der Waals surface area contributed by atoms with Crippen LogP contribution < -0.4 is 10.2 Å². The summed E-state index contributed by atoms with van der Waals surface area (Å²) in [5.41, 5.74) is 1.43. The summed E-state index contributed by atoms with van der Waals surface area (Å²) >= 11 is 0. The van der Waals surface area contributed by atoms with Crippen molar-refractivity contribution in [2.24, 2.45) is 5.41 Å². The van der Waals surface area contributed by atoms with Crippen molar-refractivity contribution in [2.45, 2.75) is 77.5 Å². The van der Waals surface area contributed by atoms with Gasteiger partial charge in [-0.25, -0.2) is 0 Å². The molecule has 1 aromatic carbocycles. The molecule has 3 aliphatic rings. The van der Waals surface area contributed by atoms with Crippen LogP contribution in [0.3, 0.4) is 0 Å². The molecule has 0 spiro atoms. The predicted molar refractivity (Wildman–Crippen MR) is 143 cm³/mol. The van der Waals surface area contributed by atoms with Crippen molar-refractivity contribution in [3.8, 4) is 0 Å².